The summed E-state index contributed by atoms with van der Waals surface area (Å²) in [4.78, 5) is 19.7. The highest BCUT2D eigenvalue weighted by molar-refractivity contribution is 5.91. The Morgan fingerprint density at radius 3 is 2.48 bits per heavy atom. The molecule has 0 unspecified atom stereocenters. The van der Waals surface area contributed by atoms with Crippen molar-refractivity contribution in [1.29, 1.82) is 0 Å². The molecule has 27 heavy (non-hydrogen) atoms. The second-order valence-corrected chi connectivity index (χ2v) is 5.80. The number of hydrogen-bond acceptors (Lipinski definition) is 6. The SMILES string of the molecule is Cc1cnc(CCCCc2nccc(NC(N)=NCC(F)(F)F)n2)nc1O. The summed E-state index contributed by atoms with van der Waals surface area (Å²) < 4.78 is 36.4. The molecule has 2 aromatic rings. The molecule has 0 radical (unpaired) electrons. The molecule has 2 aromatic heterocycles. The maximum Gasteiger partial charge on any atom is 0.408 e. The largest absolute Gasteiger partial charge is 0.493 e. The normalized spacial score (nSPS) is 12.2. The molecule has 0 saturated heterocycles. The van der Waals surface area contributed by atoms with Gasteiger partial charge in [-0.2, -0.15) is 18.2 Å². The third-order valence-corrected chi connectivity index (χ3v) is 3.44. The Hall–Kier alpha value is -2.98. The van der Waals surface area contributed by atoms with E-state index in [4.69, 9.17) is 5.73 Å². The van der Waals surface area contributed by atoms with E-state index in [0.717, 1.165) is 12.8 Å². The van der Waals surface area contributed by atoms with Crippen molar-refractivity contribution < 1.29 is 18.3 Å². The summed E-state index contributed by atoms with van der Waals surface area (Å²) in [6.45, 7) is 0.360. The van der Waals surface area contributed by atoms with Gasteiger partial charge >= 0.3 is 6.18 Å². The predicted molar refractivity (Wildman–Crippen MR) is 93.3 cm³/mol. The van der Waals surface area contributed by atoms with Gasteiger partial charge in [-0.3, -0.25) is 0 Å². The highest BCUT2D eigenvalue weighted by atomic mass is 19.4. The van der Waals surface area contributed by atoms with Crippen LogP contribution in [0.5, 0.6) is 5.88 Å². The van der Waals surface area contributed by atoms with Crippen molar-refractivity contribution in [3.05, 3.63) is 35.7 Å². The zero-order valence-electron chi connectivity index (χ0n) is 14.7. The van der Waals surface area contributed by atoms with Crippen molar-refractivity contribution in [1.82, 2.24) is 19.9 Å². The highest BCUT2D eigenvalue weighted by Crippen LogP contribution is 2.14. The van der Waals surface area contributed by atoms with Gasteiger partial charge in [0.1, 0.15) is 24.0 Å². The third kappa shape index (κ3) is 7.42. The van der Waals surface area contributed by atoms with Crippen LogP contribution in [0.3, 0.4) is 0 Å². The second-order valence-electron chi connectivity index (χ2n) is 5.80. The minimum atomic E-state index is -4.42. The number of anilines is 1. The predicted octanol–water partition coefficient (Wildman–Crippen LogP) is 2.13. The van der Waals surface area contributed by atoms with E-state index in [-0.39, 0.29) is 17.7 Å². The minimum Gasteiger partial charge on any atom is -0.493 e. The van der Waals surface area contributed by atoms with Crippen molar-refractivity contribution in [2.45, 2.75) is 38.8 Å². The molecule has 4 N–H and O–H groups in total. The first-order valence-electron chi connectivity index (χ1n) is 8.20. The zero-order valence-corrected chi connectivity index (χ0v) is 14.7. The molecule has 0 aromatic carbocycles. The zero-order chi connectivity index (χ0) is 19.9. The van der Waals surface area contributed by atoms with Gasteiger partial charge in [0.05, 0.1) is 0 Å². The smallest absolute Gasteiger partial charge is 0.408 e. The van der Waals surface area contributed by atoms with Crippen LogP contribution in [0.4, 0.5) is 19.0 Å². The fraction of sp³-hybridized carbons (Fsp3) is 0.438. The van der Waals surface area contributed by atoms with Gasteiger partial charge in [0, 0.05) is 30.8 Å². The second kappa shape index (κ2) is 9.10. The first-order valence-corrected chi connectivity index (χ1v) is 8.20. The third-order valence-electron chi connectivity index (χ3n) is 3.44. The number of unbranched alkanes of at least 4 members (excludes halogenated alkanes) is 1. The topological polar surface area (TPSA) is 122 Å². The lowest BCUT2D eigenvalue weighted by atomic mass is 10.2. The van der Waals surface area contributed by atoms with E-state index < -0.39 is 12.7 Å². The molecule has 0 aliphatic carbocycles. The summed E-state index contributed by atoms with van der Waals surface area (Å²) in [5.41, 5.74) is 6.04. The van der Waals surface area contributed by atoms with Crippen molar-refractivity contribution >= 4 is 11.8 Å². The number of nitrogens with two attached hydrogens (primary N) is 1. The van der Waals surface area contributed by atoms with Crippen molar-refractivity contribution in [2.24, 2.45) is 10.7 Å². The number of alkyl halides is 3. The number of nitrogens with one attached hydrogen (secondary N) is 1. The summed E-state index contributed by atoms with van der Waals surface area (Å²) in [5.74, 6) is 0.967. The summed E-state index contributed by atoms with van der Waals surface area (Å²) in [5, 5.41) is 12.1. The lowest BCUT2D eigenvalue weighted by Gasteiger charge is -2.07. The van der Waals surface area contributed by atoms with E-state index in [9.17, 15) is 18.3 Å². The van der Waals surface area contributed by atoms with Gasteiger partial charge in [0.15, 0.2) is 5.96 Å². The number of guanidine groups is 1. The molecule has 0 bridgehead atoms. The lowest BCUT2D eigenvalue weighted by Crippen LogP contribution is -2.26. The number of aromatic hydroxyl groups is 1. The summed E-state index contributed by atoms with van der Waals surface area (Å²) in [6.07, 6.45) is 1.32. The Kier molecular flexibility index (Phi) is 6.85. The minimum absolute atomic E-state index is 0.0214. The number of aromatic nitrogens is 4. The molecule has 11 heteroatoms. The first-order chi connectivity index (χ1) is 12.7. The molecule has 8 nitrogen and oxygen atoms in total. The van der Waals surface area contributed by atoms with Crippen molar-refractivity contribution in [3.63, 3.8) is 0 Å². The van der Waals surface area contributed by atoms with Crippen LogP contribution in [0.2, 0.25) is 0 Å². The van der Waals surface area contributed by atoms with Crippen LogP contribution in [-0.4, -0.2) is 43.7 Å². The Labute approximate surface area is 153 Å². The van der Waals surface area contributed by atoms with Gasteiger partial charge in [-0.1, -0.05) is 0 Å². The van der Waals surface area contributed by atoms with Gasteiger partial charge in [-0.05, 0) is 25.8 Å². The number of aryl methyl sites for hydroxylation is 3. The lowest BCUT2D eigenvalue weighted by molar-refractivity contribution is -0.118. The van der Waals surface area contributed by atoms with E-state index in [1.54, 1.807) is 13.1 Å². The quantitative estimate of drug-likeness (QED) is 0.380. The average Bonchev–Trinajstić information content (AvgIpc) is 2.60. The van der Waals surface area contributed by atoms with Crippen molar-refractivity contribution in [2.75, 3.05) is 11.9 Å². The maximum atomic E-state index is 12.1. The molecule has 0 fully saturated rings. The van der Waals surface area contributed by atoms with Crippen LogP contribution in [0.25, 0.3) is 0 Å². The molecule has 2 heterocycles. The molecule has 146 valence electrons. The maximum absolute atomic E-state index is 12.1. The van der Waals surface area contributed by atoms with Gasteiger partial charge in [0.25, 0.3) is 0 Å². The average molecular weight is 383 g/mol. The molecular weight excluding hydrogens is 363 g/mol. The summed E-state index contributed by atoms with van der Waals surface area (Å²) in [7, 11) is 0. The number of halogens is 3. The van der Waals surface area contributed by atoms with E-state index in [2.05, 4.69) is 30.2 Å². The van der Waals surface area contributed by atoms with Crippen LogP contribution >= 0.6 is 0 Å². The molecule has 0 aliphatic rings. The molecule has 2 rings (SSSR count). The Bertz CT molecular complexity index is 796. The molecule has 0 spiro atoms. The van der Waals surface area contributed by atoms with Gasteiger partial charge in [0.2, 0.25) is 5.88 Å². The number of aliphatic imine (C=N–C) groups is 1. The van der Waals surface area contributed by atoms with Crippen LogP contribution in [0, 0.1) is 6.92 Å². The van der Waals surface area contributed by atoms with Gasteiger partial charge in [-0.25, -0.2) is 19.9 Å². The van der Waals surface area contributed by atoms with E-state index in [1.807, 2.05) is 0 Å². The Morgan fingerprint density at radius 2 is 1.85 bits per heavy atom. The van der Waals surface area contributed by atoms with Crippen LogP contribution in [-0.2, 0) is 12.8 Å². The molecule has 0 amide bonds. The van der Waals surface area contributed by atoms with Crippen LogP contribution in [0.1, 0.15) is 30.1 Å². The number of rotatable bonds is 7. The Morgan fingerprint density at radius 1 is 1.19 bits per heavy atom. The summed E-state index contributed by atoms with van der Waals surface area (Å²) in [6, 6.07) is 1.49. The fourth-order valence-corrected chi connectivity index (χ4v) is 2.09. The van der Waals surface area contributed by atoms with E-state index >= 15 is 0 Å². The molecular formula is C16H20F3N7O. The standard InChI is InChI=1S/C16H20F3N7O/c1-10-8-22-12(25-14(10)27)5-3-2-4-11-21-7-6-13(24-11)26-15(20)23-9-16(17,18)19/h6-8H,2-5,9H2,1H3,(H,22,25,27)(H3,20,21,23,24,26). The highest BCUT2D eigenvalue weighted by Gasteiger charge is 2.26. The Balaban J connectivity index is 1.82. The van der Waals surface area contributed by atoms with E-state index in [1.165, 1.54) is 12.3 Å². The number of hydrogen-bond donors (Lipinski definition) is 3. The molecule has 0 atom stereocenters. The first kappa shape index (κ1) is 20.3. The monoisotopic (exact) mass is 383 g/mol. The van der Waals surface area contributed by atoms with Crippen LogP contribution in [0.15, 0.2) is 23.5 Å². The van der Waals surface area contributed by atoms with Gasteiger partial charge < -0.3 is 16.2 Å². The molecule has 0 aliphatic heterocycles. The van der Waals surface area contributed by atoms with Gasteiger partial charge in [-0.15, -0.1) is 0 Å². The van der Waals surface area contributed by atoms with E-state index in [0.29, 0.717) is 30.1 Å². The van der Waals surface area contributed by atoms with Crippen LogP contribution < -0.4 is 11.1 Å². The van der Waals surface area contributed by atoms with Crippen molar-refractivity contribution in [3.8, 4) is 5.88 Å². The molecule has 0 saturated carbocycles. The number of nitrogens with zero attached hydrogens (tertiary/aromatic N) is 5. The summed E-state index contributed by atoms with van der Waals surface area (Å²) >= 11 is 0. The fourth-order valence-electron chi connectivity index (χ4n) is 2.09.